The van der Waals surface area contributed by atoms with E-state index in [4.69, 9.17) is 27.9 Å². The number of hydrogen-bond acceptors (Lipinski definition) is 3. The Bertz CT molecular complexity index is 664. The van der Waals surface area contributed by atoms with E-state index >= 15 is 0 Å². The van der Waals surface area contributed by atoms with Crippen molar-refractivity contribution in [2.75, 3.05) is 0 Å². The minimum Gasteiger partial charge on any atom is -0.488 e. The molecule has 0 bridgehead atoms. The second kappa shape index (κ2) is 6.43. The van der Waals surface area contributed by atoms with Crippen LogP contribution in [0.4, 0.5) is 5.69 Å². The molecule has 0 aliphatic carbocycles. The van der Waals surface area contributed by atoms with Crippen molar-refractivity contribution in [3.8, 4) is 5.75 Å². The van der Waals surface area contributed by atoms with Crippen molar-refractivity contribution < 1.29 is 9.66 Å². The van der Waals surface area contributed by atoms with Crippen molar-refractivity contribution in [3.05, 3.63) is 66.6 Å². The van der Waals surface area contributed by atoms with Crippen molar-refractivity contribution in [2.24, 2.45) is 0 Å². The number of benzene rings is 2. The van der Waals surface area contributed by atoms with Crippen molar-refractivity contribution in [2.45, 2.75) is 6.61 Å². The number of rotatable bonds is 4. The Morgan fingerprint density at radius 1 is 1.20 bits per heavy atom. The summed E-state index contributed by atoms with van der Waals surface area (Å²) >= 11 is 15.2. The fraction of sp³-hybridized carbons (Fsp3) is 0.0769. The summed E-state index contributed by atoms with van der Waals surface area (Å²) in [6.45, 7) is 0.126. The average Bonchev–Trinajstić information content (AvgIpc) is 2.39. The molecule has 0 aliphatic rings. The third-order valence-corrected chi connectivity index (χ3v) is 3.74. The number of nitro groups is 1. The number of nitro benzene ring substituents is 1. The number of non-ortho nitro benzene ring substituents is 1. The molecule has 104 valence electrons. The summed E-state index contributed by atoms with van der Waals surface area (Å²) in [5.74, 6) is 0.581. The molecule has 0 aromatic heterocycles. The molecule has 0 saturated carbocycles. The van der Waals surface area contributed by atoms with Crippen LogP contribution in [0.3, 0.4) is 0 Å². The first kappa shape index (κ1) is 15.1. The van der Waals surface area contributed by atoms with Crippen LogP contribution in [0.15, 0.2) is 40.9 Å². The molecule has 7 heteroatoms. The number of nitrogens with zero attached hydrogens (tertiary/aromatic N) is 1. The van der Waals surface area contributed by atoms with Crippen molar-refractivity contribution in [1.29, 1.82) is 0 Å². The first-order valence-corrected chi connectivity index (χ1v) is 7.03. The van der Waals surface area contributed by atoms with E-state index in [0.717, 1.165) is 0 Å². The third-order valence-electron chi connectivity index (χ3n) is 2.52. The molecule has 0 spiro atoms. The van der Waals surface area contributed by atoms with Gasteiger partial charge in [-0.05, 0) is 40.2 Å². The van der Waals surface area contributed by atoms with E-state index in [2.05, 4.69) is 15.9 Å². The van der Waals surface area contributed by atoms with Gasteiger partial charge in [0.05, 0.1) is 9.40 Å². The number of ether oxygens (including phenoxy) is 1. The van der Waals surface area contributed by atoms with E-state index in [1.54, 1.807) is 18.2 Å². The predicted octanol–water partition coefficient (Wildman–Crippen LogP) is 5.24. The molecule has 0 radical (unpaired) electrons. The van der Waals surface area contributed by atoms with Gasteiger partial charge in [0.1, 0.15) is 12.4 Å². The standard InChI is InChI=1S/C13H8BrCl2NO3/c14-11-6-9(15)1-4-13(11)20-7-8-5-10(17(18)19)2-3-12(8)16/h1-6H,7H2. The van der Waals surface area contributed by atoms with Gasteiger partial charge in [-0.15, -0.1) is 0 Å². The summed E-state index contributed by atoms with van der Waals surface area (Å²) < 4.78 is 6.28. The van der Waals surface area contributed by atoms with Crippen molar-refractivity contribution in [1.82, 2.24) is 0 Å². The van der Waals surface area contributed by atoms with Crippen LogP contribution in [0.25, 0.3) is 0 Å². The first-order chi connectivity index (χ1) is 9.47. The second-order valence-electron chi connectivity index (χ2n) is 3.90. The molecular formula is C13H8BrCl2NO3. The zero-order valence-corrected chi connectivity index (χ0v) is 13.1. The fourth-order valence-corrected chi connectivity index (χ4v) is 2.50. The van der Waals surface area contributed by atoms with Gasteiger partial charge < -0.3 is 4.74 Å². The molecule has 0 saturated heterocycles. The van der Waals surface area contributed by atoms with Crippen LogP contribution in [-0.4, -0.2) is 4.92 Å². The Hall–Kier alpha value is -1.30. The lowest BCUT2D eigenvalue weighted by molar-refractivity contribution is -0.384. The van der Waals surface area contributed by atoms with E-state index in [9.17, 15) is 10.1 Å². The van der Waals surface area contributed by atoms with E-state index in [1.807, 2.05) is 0 Å². The van der Waals surface area contributed by atoms with Crippen LogP contribution in [0.2, 0.25) is 10.0 Å². The molecule has 2 aromatic carbocycles. The average molecular weight is 377 g/mol. The quantitative estimate of drug-likeness (QED) is 0.541. The van der Waals surface area contributed by atoms with Gasteiger partial charge in [-0.3, -0.25) is 10.1 Å². The van der Waals surface area contributed by atoms with Crippen LogP contribution in [0.5, 0.6) is 5.75 Å². The van der Waals surface area contributed by atoms with E-state index in [0.29, 0.717) is 25.8 Å². The molecule has 2 aromatic rings. The number of halogens is 3. The van der Waals surface area contributed by atoms with Gasteiger partial charge in [0, 0.05) is 27.7 Å². The highest BCUT2D eigenvalue weighted by atomic mass is 79.9. The normalized spacial score (nSPS) is 10.3. The Balaban J connectivity index is 2.18. The molecule has 0 heterocycles. The molecule has 0 atom stereocenters. The molecule has 0 amide bonds. The predicted molar refractivity (Wildman–Crippen MR) is 81.6 cm³/mol. The molecular weight excluding hydrogens is 369 g/mol. The van der Waals surface area contributed by atoms with Gasteiger partial charge in [-0.25, -0.2) is 0 Å². The highest BCUT2D eigenvalue weighted by Gasteiger charge is 2.11. The lowest BCUT2D eigenvalue weighted by atomic mass is 10.2. The minimum atomic E-state index is -0.474. The van der Waals surface area contributed by atoms with Crippen LogP contribution >= 0.6 is 39.1 Å². The zero-order valence-electron chi connectivity index (χ0n) is 9.98. The Morgan fingerprint density at radius 2 is 1.95 bits per heavy atom. The van der Waals surface area contributed by atoms with Gasteiger partial charge in [0.15, 0.2) is 0 Å². The van der Waals surface area contributed by atoms with Gasteiger partial charge in [-0.1, -0.05) is 23.2 Å². The second-order valence-corrected chi connectivity index (χ2v) is 5.59. The fourth-order valence-electron chi connectivity index (χ4n) is 1.53. The molecule has 0 aliphatic heterocycles. The summed E-state index contributed by atoms with van der Waals surface area (Å²) in [5, 5.41) is 11.7. The highest BCUT2D eigenvalue weighted by Crippen LogP contribution is 2.30. The molecule has 0 N–H and O–H groups in total. The Kier molecular flexibility index (Phi) is 4.86. The smallest absolute Gasteiger partial charge is 0.269 e. The van der Waals surface area contributed by atoms with Crippen molar-refractivity contribution in [3.63, 3.8) is 0 Å². The molecule has 0 fully saturated rings. The monoisotopic (exact) mass is 375 g/mol. The topological polar surface area (TPSA) is 52.4 Å². The van der Waals surface area contributed by atoms with E-state index in [-0.39, 0.29) is 12.3 Å². The largest absolute Gasteiger partial charge is 0.488 e. The van der Waals surface area contributed by atoms with Crippen LogP contribution in [-0.2, 0) is 6.61 Å². The van der Waals surface area contributed by atoms with Gasteiger partial charge in [0.2, 0.25) is 0 Å². The zero-order chi connectivity index (χ0) is 14.7. The maximum absolute atomic E-state index is 10.7. The van der Waals surface area contributed by atoms with Gasteiger partial charge in [0.25, 0.3) is 5.69 Å². The lowest BCUT2D eigenvalue weighted by Gasteiger charge is -2.09. The first-order valence-electron chi connectivity index (χ1n) is 5.48. The Labute approximate surface area is 133 Å². The van der Waals surface area contributed by atoms with E-state index in [1.165, 1.54) is 18.2 Å². The molecule has 4 nitrogen and oxygen atoms in total. The minimum absolute atomic E-state index is 0.0248. The van der Waals surface area contributed by atoms with E-state index < -0.39 is 4.92 Å². The highest BCUT2D eigenvalue weighted by molar-refractivity contribution is 9.10. The maximum atomic E-state index is 10.7. The van der Waals surface area contributed by atoms with Crippen molar-refractivity contribution >= 4 is 44.8 Å². The molecule has 20 heavy (non-hydrogen) atoms. The maximum Gasteiger partial charge on any atom is 0.269 e. The lowest BCUT2D eigenvalue weighted by Crippen LogP contribution is -1.98. The van der Waals surface area contributed by atoms with Crippen LogP contribution < -0.4 is 4.74 Å². The SMILES string of the molecule is O=[N+]([O-])c1ccc(Cl)c(COc2ccc(Cl)cc2Br)c1. The molecule has 0 unspecified atom stereocenters. The summed E-state index contributed by atoms with van der Waals surface area (Å²) in [4.78, 5) is 10.3. The van der Waals surface area contributed by atoms with Crippen LogP contribution in [0, 0.1) is 10.1 Å². The molecule has 2 rings (SSSR count). The Morgan fingerprint density at radius 3 is 2.60 bits per heavy atom. The van der Waals surface area contributed by atoms with Crippen LogP contribution in [0.1, 0.15) is 5.56 Å². The van der Waals surface area contributed by atoms with Gasteiger partial charge in [-0.2, -0.15) is 0 Å². The summed E-state index contributed by atoms with van der Waals surface area (Å²) in [5.41, 5.74) is 0.519. The number of hydrogen-bond donors (Lipinski definition) is 0. The summed E-state index contributed by atoms with van der Waals surface area (Å²) in [6, 6.07) is 9.33. The summed E-state index contributed by atoms with van der Waals surface area (Å²) in [7, 11) is 0. The van der Waals surface area contributed by atoms with Gasteiger partial charge >= 0.3 is 0 Å². The summed E-state index contributed by atoms with van der Waals surface area (Å²) in [6.07, 6.45) is 0. The third kappa shape index (κ3) is 3.62.